The SMILES string of the molecule is Cc1ccc(C)c(S(=O)(=O)N2CCN(CCc3c[nH]c4ccccc34)CC2)c1. The van der Waals surface area contributed by atoms with Crippen LogP contribution in [0.25, 0.3) is 10.9 Å². The highest BCUT2D eigenvalue weighted by Gasteiger charge is 2.29. The van der Waals surface area contributed by atoms with Gasteiger partial charge in [-0.3, -0.25) is 0 Å². The monoisotopic (exact) mass is 397 g/mol. The standard InChI is InChI=1S/C22H27N3O2S/c1-17-7-8-18(2)22(15-17)28(26,27)25-13-11-24(12-14-25)10-9-19-16-23-21-6-4-3-5-20(19)21/h3-8,15-16,23H,9-14H2,1-2H3. The van der Waals surface area contributed by atoms with E-state index in [2.05, 4.69) is 34.3 Å². The lowest BCUT2D eigenvalue weighted by molar-refractivity contribution is 0.190. The summed E-state index contributed by atoms with van der Waals surface area (Å²) in [5.41, 5.74) is 4.27. The topological polar surface area (TPSA) is 56.4 Å². The van der Waals surface area contributed by atoms with E-state index in [1.807, 2.05) is 32.0 Å². The van der Waals surface area contributed by atoms with Crippen LogP contribution >= 0.6 is 0 Å². The largest absolute Gasteiger partial charge is 0.361 e. The smallest absolute Gasteiger partial charge is 0.243 e. The number of para-hydroxylation sites is 1. The third-order valence-electron chi connectivity index (χ3n) is 5.67. The molecular weight excluding hydrogens is 370 g/mol. The maximum Gasteiger partial charge on any atom is 0.243 e. The third kappa shape index (κ3) is 3.72. The van der Waals surface area contributed by atoms with Gasteiger partial charge in [-0.15, -0.1) is 0 Å². The number of sulfonamides is 1. The summed E-state index contributed by atoms with van der Waals surface area (Å²) in [4.78, 5) is 6.13. The second kappa shape index (κ2) is 7.70. The molecule has 5 nitrogen and oxygen atoms in total. The number of H-pyrrole nitrogens is 1. The first kappa shape index (κ1) is 19.2. The van der Waals surface area contributed by atoms with Crippen LogP contribution in [0.1, 0.15) is 16.7 Å². The van der Waals surface area contributed by atoms with Crippen molar-refractivity contribution < 1.29 is 8.42 Å². The summed E-state index contributed by atoms with van der Waals surface area (Å²) in [6.45, 7) is 7.37. The summed E-state index contributed by atoms with van der Waals surface area (Å²) in [5.74, 6) is 0. The first-order valence-corrected chi connectivity index (χ1v) is 11.2. The van der Waals surface area contributed by atoms with Crippen molar-refractivity contribution in [3.63, 3.8) is 0 Å². The average Bonchev–Trinajstić information content (AvgIpc) is 3.11. The normalized spacial score (nSPS) is 16.6. The van der Waals surface area contributed by atoms with Gasteiger partial charge in [-0.2, -0.15) is 4.31 Å². The van der Waals surface area contributed by atoms with Crippen LogP contribution in [0.5, 0.6) is 0 Å². The van der Waals surface area contributed by atoms with Gasteiger partial charge in [0.25, 0.3) is 0 Å². The molecule has 2 heterocycles. The van der Waals surface area contributed by atoms with E-state index in [9.17, 15) is 8.42 Å². The molecule has 6 heteroatoms. The van der Waals surface area contributed by atoms with E-state index in [1.165, 1.54) is 16.5 Å². The van der Waals surface area contributed by atoms with Crippen LogP contribution < -0.4 is 0 Å². The fraction of sp³-hybridized carbons (Fsp3) is 0.364. The van der Waals surface area contributed by atoms with Gasteiger partial charge in [-0.25, -0.2) is 8.42 Å². The summed E-state index contributed by atoms with van der Waals surface area (Å²) in [7, 11) is -3.42. The van der Waals surface area contributed by atoms with Crippen molar-refractivity contribution >= 4 is 20.9 Å². The van der Waals surface area contributed by atoms with Crippen molar-refractivity contribution in [1.82, 2.24) is 14.2 Å². The minimum absolute atomic E-state index is 0.444. The second-order valence-corrected chi connectivity index (χ2v) is 9.53. The van der Waals surface area contributed by atoms with Crippen molar-refractivity contribution in [1.29, 1.82) is 0 Å². The molecule has 0 bridgehead atoms. The summed E-state index contributed by atoms with van der Waals surface area (Å²) in [6, 6.07) is 14.0. The maximum absolute atomic E-state index is 13.1. The van der Waals surface area contributed by atoms with Crippen LogP contribution in [-0.4, -0.2) is 55.3 Å². The Morgan fingerprint density at radius 2 is 1.75 bits per heavy atom. The first-order chi connectivity index (χ1) is 13.4. The lowest BCUT2D eigenvalue weighted by atomic mass is 10.1. The van der Waals surface area contributed by atoms with Gasteiger partial charge in [0.1, 0.15) is 0 Å². The Morgan fingerprint density at radius 1 is 1.00 bits per heavy atom. The van der Waals surface area contributed by atoms with Crippen molar-refractivity contribution in [3.8, 4) is 0 Å². The fourth-order valence-electron chi connectivity index (χ4n) is 3.93. The molecule has 0 atom stereocenters. The van der Waals surface area contributed by atoms with Crippen LogP contribution in [0.4, 0.5) is 0 Å². The van der Waals surface area contributed by atoms with Crippen molar-refractivity contribution in [2.24, 2.45) is 0 Å². The van der Waals surface area contributed by atoms with Crippen LogP contribution in [-0.2, 0) is 16.4 Å². The Hall–Kier alpha value is -2.15. The summed E-state index contributed by atoms with van der Waals surface area (Å²) >= 11 is 0. The summed E-state index contributed by atoms with van der Waals surface area (Å²) in [6.07, 6.45) is 3.06. The van der Waals surface area contributed by atoms with E-state index >= 15 is 0 Å². The molecule has 1 N–H and O–H groups in total. The predicted octanol–water partition coefficient (Wildman–Crippen LogP) is 3.33. The maximum atomic E-state index is 13.1. The number of fused-ring (bicyclic) bond motifs is 1. The van der Waals surface area contributed by atoms with Crippen LogP contribution in [0, 0.1) is 13.8 Å². The Morgan fingerprint density at radius 3 is 2.54 bits per heavy atom. The Balaban J connectivity index is 1.38. The van der Waals surface area contributed by atoms with Gasteiger partial charge >= 0.3 is 0 Å². The zero-order valence-electron chi connectivity index (χ0n) is 16.5. The number of nitrogens with zero attached hydrogens (tertiary/aromatic N) is 2. The van der Waals surface area contributed by atoms with E-state index in [1.54, 1.807) is 10.4 Å². The van der Waals surface area contributed by atoms with Gasteiger partial charge in [-0.1, -0.05) is 30.3 Å². The molecule has 0 radical (unpaired) electrons. The summed E-state index contributed by atoms with van der Waals surface area (Å²) in [5, 5.41) is 1.28. The number of benzene rings is 2. The van der Waals surface area contributed by atoms with Crippen molar-refractivity contribution in [2.45, 2.75) is 25.2 Å². The minimum Gasteiger partial charge on any atom is -0.361 e. The van der Waals surface area contributed by atoms with Gasteiger partial charge in [-0.05, 0) is 49.1 Å². The molecule has 148 valence electrons. The minimum atomic E-state index is -3.42. The average molecular weight is 398 g/mol. The van der Waals surface area contributed by atoms with Gasteiger partial charge in [0.05, 0.1) is 4.90 Å². The molecule has 0 spiro atoms. The van der Waals surface area contributed by atoms with E-state index in [0.29, 0.717) is 18.0 Å². The number of aromatic nitrogens is 1. The van der Waals surface area contributed by atoms with Gasteiger partial charge < -0.3 is 9.88 Å². The van der Waals surface area contributed by atoms with Crippen molar-refractivity contribution in [3.05, 3.63) is 65.4 Å². The number of aromatic amines is 1. The highest BCUT2D eigenvalue weighted by molar-refractivity contribution is 7.89. The Bertz CT molecular complexity index is 1080. The molecule has 0 unspecified atom stereocenters. The quantitative estimate of drug-likeness (QED) is 0.718. The molecule has 0 amide bonds. The Kier molecular flexibility index (Phi) is 5.27. The number of hydrogen-bond donors (Lipinski definition) is 1. The number of aryl methyl sites for hydroxylation is 2. The molecular formula is C22H27N3O2S. The number of rotatable bonds is 5. The number of hydrogen-bond acceptors (Lipinski definition) is 3. The summed E-state index contributed by atoms with van der Waals surface area (Å²) < 4.78 is 27.8. The van der Waals surface area contributed by atoms with E-state index in [-0.39, 0.29) is 0 Å². The molecule has 1 aliphatic rings. The molecule has 1 fully saturated rings. The lowest BCUT2D eigenvalue weighted by Crippen LogP contribution is -2.49. The zero-order chi connectivity index (χ0) is 19.7. The van der Waals surface area contributed by atoms with Gasteiger partial charge in [0.15, 0.2) is 0 Å². The van der Waals surface area contributed by atoms with Gasteiger partial charge in [0.2, 0.25) is 10.0 Å². The Labute approximate surface area is 167 Å². The van der Waals surface area contributed by atoms with Crippen molar-refractivity contribution in [2.75, 3.05) is 32.7 Å². The molecule has 3 aromatic rings. The predicted molar refractivity (Wildman–Crippen MR) is 113 cm³/mol. The van der Waals surface area contributed by atoms with Crippen LogP contribution in [0.3, 0.4) is 0 Å². The highest BCUT2D eigenvalue weighted by Crippen LogP contribution is 2.23. The molecule has 4 rings (SSSR count). The van der Waals surface area contributed by atoms with E-state index in [4.69, 9.17) is 0 Å². The molecule has 1 saturated heterocycles. The van der Waals surface area contributed by atoms with E-state index in [0.717, 1.165) is 37.2 Å². The lowest BCUT2D eigenvalue weighted by Gasteiger charge is -2.34. The second-order valence-electron chi connectivity index (χ2n) is 7.62. The van der Waals surface area contributed by atoms with Crippen LogP contribution in [0.2, 0.25) is 0 Å². The third-order valence-corrected chi connectivity index (χ3v) is 7.71. The molecule has 1 aromatic heterocycles. The van der Waals surface area contributed by atoms with Crippen LogP contribution in [0.15, 0.2) is 53.6 Å². The number of piperazine rings is 1. The fourth-order valence-corrected chi connectivity index (χ4v) is 5.67. The number of nitrogens with one attached hydrogen (secondary N) is 1. The van der Waals surface area contributed by atoms with E-state index < -0.39 is 10.0 Å². The molecule has 1 aliphatic heterocycles. The molecule has 28 heavy (non-hydrogen) atoms. The first-order valence-electron chi connectivity index (χ1n) is 9.80. The highest BCUT2D eigenvalue weighted by atomic mass is 32.2. The molecule has 0 saturated carbocycles. The van der Waals surface area contributed by atoms with Gasteiger partial charge in [0, 0.05) is 49.8 Å². The zero-order valence-corrected chi connectivity index (χ0v) is 17.3. The molecule has 2 aromatic carbocycles. The molecule has 0 aliphatic carbocycles.